The van der Waals surface area contributed by atoms with Gasteiger partial charge < -0.3 is 19.1 Å². The Morgan fingerprint density at radius 2 is 1.66 bits per heavy atom. The molecular weight excluding hydrogens is 404 g/mol. The molecule has 2 amide bonds. The number of fused-ring (bicyclic) bond motifs is 1. The number of rotatable bonds is 7. The molecule has 4 rings (SSSR count). The fraction of sp³-hybridized carbons (Fsp3) is 0.640. The number of para-hydroxylation sites is 2. The molecule has 3 heterocycles. The van der Waals surface area contributed by atoms with Crippen LogP contribution in [0.3, 0.4) is 0 Å². The second-order valence-electron chi connectivity index (χ2n) is 9.08. The average molecular weight is 441 g/mol. The number of aromatic nitrogens is 2. The molecular formula is C25H36N4O3. The van der Waals surface area contributed by atoms with Crippen LogP contribution in [0.25, 0.3) is 11.0 Å². The number of benzene rings is 1. The molecule has 7 nitrogen and oxygen atoms in total. The van der Waals surface area contributed by atoms with E-state index in [-0.39, 0.29) is 30.9 Å². The fourth-order valence-corrected chi connectivity index (χ4v) is 5.01. The summed E-state index contributed by atoms with van der Waals surface area (Å²) < 4.78 is 7.88. The number of likely N-dealkylation sites (tertiary alicyclic amines) is 2. The smallest absolute Gasteiger partial charge is 0.248 e. The normalized spacial score (nSPS) is 19.8. The summed E-state index contributed by atoms with van der Waals surface area (Å²) in [6.07, 6.45) is 7.52. The zero-order chi connectivity index (χ0) is 22.3. The van der Waals surface area contributed by atoms with Crippen LogP contribution in [0.1, 0.15) is 63.6 Å². The lowest BCUT2D eigenvalue weighted by atomic mass is 9.97. The molecule has 174 valence electrons. The summed E-state index contributed by atoms with van der Waals surface area (Å²) in [4.78, 5) is 33.9. The highest BCUT2D eigenvalue weighted by Crippen LogP contribution is 2.29. The van der Waals surface area contributed by atoms with Crippen LogP contribution in [0.5, 0.6) is 0 Å². The van der Waals surface area contributed by atoms with Gasteiger partial charge in [-0.2, -0.15) is 0 Å². The van der Waals surface area contributed by atoms with Crippen LogP contribution in [0.15, 0.2) is 24.3 Å². The van der Waals surface area contributed by atoms with Crippen molar-refractivity contribution in [1.29, 1.82) is 0 Å². The summed E-state index contributed by atoms with van der Waals surface area (Å²) in [6, 6.07) is 8.27. The molecule has 0 N–H and O–H groups in total. The van der Waals surface area contributed by atoms with Gasteiger partial charge in [-0.25, -0.2) is 4.98 Å². The number of hydrogen-bond donors (Lipinski definition) is 0. The number of aryl methyl sites for hydroxylation is 1. The Morgan fingerprint density at radius 3 is 2.41 bits per heavy atom. The highest BCUT2D eigenvalue weighted by atomic mass is 16.5. The van der Waals surface area contributed by atoms with Crippen LogP contribution < -0.4 is 0 Å². The van der Waals surface area contributed by atoms with Gasteiger partial charge in [0, 0.05) is 38.6 Å². The molecule has 0 saturated carbocycles. The molecule has 1 unspecified atom stereocenters. The average Bonchev–Trinajstić information content (AvgIpc) is 2.98. The maximum absolute atomic E-state index is 12.8. The van der Waals surface area contributed by atoms with Gasteiger partial charge in [0.2, 0.25) is 11.8 Å². The summed E-state index contributed by atoms with van der Waals surface area (Å²) in [5, 5.41) is 0. The topological polar surface area (TPSA) is 67.7 Å². The first kappa shape index (κ1) is 22.8. The van der Waals surface area contributed by atoms with Crippen molar-refractivity contribution in [3.05, 3.63) is 30.1 Å². The Bertz CT molecular complexity index is 917. The van der Waals surface area contributed by atoms with Gasteiger partial charge in [-0.3, -0.25) is 9.59 Å². The SMILES string of the molecule is CCCn1c(C2CCCN(C(=O)COCC(=O)N3CCCCCC3)C2)nc2ccccc21. The van der Waals surface area contributed by atoms with E-state index in [1.54, 1.807) is 0 Å². The largest absolute Gasteiger partial charge is 0.362 e. The molecule has 2 aliphatic rings. The molecule has 2 aliphatic heterocycles. The number of amides is 2. The summed E-state index contributed by atoms with van der Waals surface area (Å²) in [6.45, 7) is 6.10. The zero-order valence-corrected chi connectivity index (χ0v) is 19.3. The highest BCUT2D eigenvalue weighted by Gasteiger charge is 2.28. The lowest BCUT2D eigenvalue weighted by Gasteiger charge is -2.32. The second kappa shape index (κ2) is 10.9. The first-order valence-corrected chi connectivity index (χ1v) is 12.3. The Labute approximate surface area is 190 Å². The van der Waals surface area contributed by atoms with Gasteiger partial charge in [0.15, 0.2) is 0 Å². The second-order valence-corrected chi connectivity index (χ2v) is 9.08. The van der Waals surface area contributed by atoms with Crippen molar-refractivity contribution < 1.29 is 14.3 Å². The minimum absolute atomic E-state index is 0.00417. The van der Waals surface area contributed by atoms with Gasteiger partial charge >= 0.3 is 0 Å². The molecule has 2 fully saturated rings. The van der Waals surface area contributed by atoms with E-state index in [0.29, 0.717) is 6.54 Å². The molecule has 0 spiro atoms. The zero-order valence-electron chi connectivity index (χ0n) is 19.3. The lowest BCUT2D eigenvalue weighted by Crippen LogP contribution is -2.42. The van der Waals surface area contributed by atoms with Crippen molar-refractivity contribution in [2.24, 2.45) is 0 Å². The van der Waals surface area contributed by atoms with Crippen LogP contribution in [0.2, 0.25) is 0 Å². The standard InChI is InChI=1S/C25H36N4O3/c1-2-13-29-22-12-6-5-11-21(22)26-25(29)20-10-9-16-28(17-20)24(31)19-32-18-23(30)27-14-7-3-4-8-15-27/h5-6,11-12,20H,2-4,7-10,13-19H2,1H3. The summed E-state index contributed by atoms with van der Waals surface area (Å²) in [5.41, 5.74) is 2.19. The molecule has 1 aromatic heterocycles. The number of imidazole rings is 1. The van der Waals surface area contributed by atoms with Crippen molar-refractivity contribution in [1.82, 2.24) is 19.4 Å². The van der Waals surface area contributed by atoms with Crippen LogP contribution in [0, 0.1) is 0 Å². The minimum Gasteiger partial charge on any atom is -0.362 e. The van der Waals surface area contributed by atoms with Crippen molar-refractivity contribution in [3.8, 4) is 0 Å². The monoisotopic (exact) mass is 440 g/mol. The molecule has 0 radical (unpaired) electrons. The van der Waals surface area contributed by atoms with Crippen LogP contribution >= 0.6 is 0 Å². The predicted molar refractivity (Wildman–Crippen MR) is 124 cm³/mol. The Balaban J connectivity index is 1.34. The highest BCUT2D eigenvalue weighted by molar-refractivity contribution is 5.80. The van der Waals surface area contributed by atoms with Crippen molar-refractivity contribution >= 4 is 22.8 Å². The molecule has 0 aliphatic carbocycles. The Hall–Kier alpha value is -2.41. The van der Waals surface area contributed by atoms with Gasteiger partial charge in [-0.1, -0.05) is 31.9 Å². The summed E-state index contributed by atoms with van der Waals surface area (Å²) in [7, 11) is 0. The molecule has 2 aromatic rings. The maximum Gasteiger partial charge on any atom is 0.248 e. The fourth-order valence-electron chi connectivity index (χ4n) is 5.01. The van der Waals surface area contributed by atoms with Crippen LogP contribution in [-0.2, 0) is 20.9 Å². The third kappa shape index (κ3) is 5.31. The lowest BCUT2D eigenvalue weighted by molar-refractivity contribution is -0.142. The number of ether oxygens (including phenoxy) is 1. The molecule has 7 heteroatoms. The third-order valence-corrected chi connectivity index (χ3v) is 6.68. The van der Waals surface area contributed by atoms with Gasteiger partial charge in [0.1, 0.15) is 19.0 Å². The maximum atomic E-state index is 12.8. The molecule has 1 aromatic carbocycles. The van der Waals surface area contributed by atoms with Gasteiger partial charge in [-0.05, 0) is 44.2 Å². The molecule has 1 atom stereocenters. The number of hydrogen-bond acceptors (Lipinski definition) is 4. The minimum atomic E-state index is -0.0310. The molecule has 32 heavy (non-hydrogen) atoms. The number of carbonyl (C=O) groups excluding carboxylic acids is 2. The number of nitrogens with zero attached hydrogens (tertiary/aromatic N) is 4. The molecule has 0 bridgehead atoms. The van der Waals surface area contributed by atoms with Gasteiger partial charge in [0.25, 0.3) is 0 Å². The first-order chi connectivity index (χ1) is 15.7. The van der Waals surface area contributed by atoms with E-state index in [1.165, 1.54) is 18.4 Å². The van der Waals surface area contributed by atoms with E-state index in [9.17, 15) is 9.59 Å². The van der Waals surface area contributed by atoms with E-state index in [4.69, 9.17) is 9.72 Å². The van der Waals surface area contributed by atoms with Gasteiger partial charge in [-0.15, -0.1) is 0 Å². The summed E-state index contributed by atoms with van der Waals surface area (Å²) in [5.74, 6) is 1.29. The van der Waals surface area contributed by atoms with Crippen molar-refractivity contribution in [3.63, 3.8) is 0 Å². The van der Waals surface area contributed by atoms with E-state index in [1.807, 2.05) is 15.9 Å². The summed E-state index contributed by atoms with van der Waals surface area (Å²) >= 11 is 0. The molecule has 2 saturated heterocycles. The van der Waals surface area contributed by atoms with Gasteiger partial charge in [0.05, 0.1) is 11.0 Å². The van der Waals surface area contributed by atoms with E-state index in [2.05, 4.69) is 29.7 Å². The predicted octanol–water partition coefficient (Wildman–Crippen LogP) is 3.57. The third-order valence-electron chi connectivity index (χ3n) is 6.68. The van der Waals surface area contributed by atoms with Crippen LogP contribution in [0.4, 0.5) is 0 Å². The number of carbonyl (C=O) groups is 2. The van der Waals surface area contributed by atoms with Crippen LogP contribution in [-0.4, -0.2) is 70.6 Å². The van der Waals surface area contributed by atoms with E-state index < -0.39 is 0 Å². The quantitative estimate of drug-likeness (QED) is 0.660. The Kier molecular flexibility index (Phi) is 7.79. The Morgan fingerprint density at radius 1 is 0.969 bits per heavy atom. The first-order valence-electron chi connectivity index (χ1n) is 12.3. The van der Waals surface area contributed by atoms with Crippen molar-refractivity contribution in [2.75, 3.05) is 39.4 Å². The van der Waals surface area contributed by atoms with E-state index in [0.717, 1.165) is 69.6 Å². The number of piperidine rings is 1. The van der Waals surface area contributed by atoms with E-state index >= 15 is 0 Å². The van der Waals surface area contributed by atoms with Crippen molar-refractivity contribution in [2.45, 2.75) is 64.3 Å².